The van der Waals surface area contributed by atoms with Crippen LogP contribution in [-0.2, 0) is 20.1 Å². The fraction of sp³-hybridized carbons (Fsp3) is 0.250. The van der Waals surface area contributed by atoms with E-state index in [1.54, 1.807) is 16.8 Å². The summed E-state index contributed by atoms with van der Waals surface area (Å²) < 4.78 is 1.78. The summed E-state index contributed by atoms with van der Waals surface area (Å²) in [7, 11) is 1.90. The molecule has 0 aliphatic carbocycles. The first-order valence-electron chi connectivity index (χ1n) is 5.21. The second-order valence-electron chi connectivity index (χ2n) is 3.75. The van der Waals surface area contributed by atoms with Crippen molar-refractivity contribution in [3.63, 3.8) is 0 Å². The second-order valence-corrected chi connectivity index (χ2v) is 3.75. The standard InChI is InChI=1S/C12H15N3O.ClH/c1-15-6-5-11(14-15)9-13-8-10-3-2-4-12(16)7-10;/h2-7,13,16H,8-9H2,1H3;1H. The van der Waals surface area contributed by atoms with Crippen molar-refractivity contribution in [3.8, 4) is 5.75 Å². The van der Waals surface area contributed by atoms with Gasteiger partial charge in [0, 0.05) is 26.3 Å². The monoisotopic (exact) mass is 253 g/mol. The van der Waals surface area contributed by atoms with Crippen LogP contribution in [0.1, 0.15) is 11.3 Å². The molecule has 0 saturated carbocycles. The molecule has 0 radical (unpaired) electrons. The number of nitrogens with zero attached hydrogens (tertiary/aromatic N) is 2. The van der Waals surface area contributed by atoms with E-state index in [9.17, 15) is 5.11 Å². The van der Waals surface area contributed by atoms with Crippen molar-refractivity contribution in [2.75, 3.05) is 0 Å². The Balaban J connectivity index is 0.00000144. The number of rotatable bonds is 4. The smallest absolute Gasteiger partial charge is 0.115 e. The summed E-state index contributed by atoms with van der Waals surface area (Å²) in [5.74, 6) is 0.303. The zero-order chi connectivity index (χ0) is 11.4. The van der Waals surface area contributed by atoms with Gasteiger partial charge in [-0.2, -0.15) is 5.10 Å². The van der Waals surface area contributed by atoms with Crippen molar-refractivity contribution in [1.82, 2.24) is 15.1 Å². The van der Waals surface area contributed by atoms with Crippen molar-refractivity contribution in [3.05, 3.63) is 47.8 Å². The molecule has 1 aromatic carbocycles. The Bertz CT molecular complexity index is 470. The predicted molar refractivity (Wildman–Crippen MR) is 69.1 cm³/mol. The Kier molecular flexibility index (Phi) is 5.00. The Morgan fingerprint density at radius 1 is 1.29 bits per heavy atom. The van der Waals surface area contributed by atoms with Gasteiger partial charge < -0.3 is 10.4 Å². The third-order valence-corrected chi connectivity index (χ3v) is 2.31. The van der Waals surface area contributed by atoms with Gasteiger partial charge in [0.05, 0.1) is 5.69 Å². The molecule has 0 fully saturated rings. The molecule has 2 aromatic rings. The maximum atomic E-state index is 9.29. The molecule has 0 unspecified atom stereocenters. The van der Waals surface area contributed by atoms with E-state index in [0.29, 0.717) is 5.75 Å². The van der Waals surface area contributed by atoms with E-state index in [1.807, 2.05) is 31.4 Å². The number of benzene rings is 1. The third-order valence-electron chi connectivity index (χ3n) is 2.31. The molecule has 0 saturated heterocycles. The lowest BCUT2D eigenvalue weighted by atomic mass is 10.2. The minimum absolute atomic E-state index is 0. The summed E-state index contributed by atoms with van der Waals surface area (Å²) in [5, 5.41) is 16.8. The van der Waals surface area contributed by atoms with Gasteiger partial charge in [0.2, 0.25) is 0 Å². The van der Waals surface area contributed by atoms with Crippen LogP contribution in [0, 0.1) is 0 Å². The van der Waals surface area contributed by atoms with Crippen LogP contribution in [0.3, 0.4) is 0 Å². The fourth-order valence-electron chi connectivity index (χ4n) is 1.56. The number of hydrogen-bond donors (Lipinski definition) is 2. The highest BCUT2D eigenvalue weighted by molar-refractivity contribution is 5.85. The Morgan fingerprint density at radius 3 is 2.76 bits per heavy atom. The molecule has 17 heavy (non-hydrogen) atoms. The number of halogens is 1. The molecule has 2 rings (SSSR count). The molecular weight excluding hydrogens is 238 g/mol. The van der Waals surface area contributed by atoms with Gasteiger partial charge in [-0.1, -0.05) is 12.1 Å². The van der Waals surface area contributed by atoms with Crippen molar-refractivity contribution < 1.29 is 5.11 Å². The summed E-state index contributed by atoms with van der Waals surface area (Å²) in [5.41, 5.74) is 2.08. The zero-order valence-corrected chi connectivity index (χ0v) is 10.4. The first-order chi connectivity index (χ1) is 7.74. The average Bonchev–Trinajstić information content (AvgIpc) is 2.64. The van der Waals surface area contributed by atoms with Gasteiger partial charge in [0.15, 0.2) is 0 Å². The van der Waals surface area contributed by atoms with Gasteiger partial charge >= 0.3 is 0 Å². The van der Waals surface area contributed by atoms with E-state index in [0.717, 1.165) is 24.3 Å². The summed E-state index contributed by atoms with van der Waals surface area (Å²) in [6, 6.07) is 9.22. The summed E-state index contributed by atoms with van der Waals surface area (Å²) in [6.07, 6.45) is 1.92. The van der Waals surface area contributed by atoms with Gasteiger partial charge in [-0.05, 0) is 23.8 Å². The van der Waals surface area contributed by atoms with E-state index in [-0.39, 0.29) is 12.4 Å². The fourth-order valence-corrected chi connectivity index (χ4v) is 1.56. The van der Waals surface area contributed by atoms with Crippen molar-refractivity contribution in [2.24, 2.45) is 7.05 Å². The summed E-state index contributed by atoms with van der Waals surface area (Å²) in [6.45, 7) is 1.46. The molecule has 0 spiro atoms. The van der Waals surface area contributed by atoms with E-state index < -0.39 is 0 Å². The topological polar surface area (TPSA) is 50.1 Å². The third kappa shape index (κ3) is 4.09. The maximum absolute atomic E-state index is 9.29. The molecule has 0 bridgehead atoms. The van der Waals surface area contributed by atoms with E-state index >= 15 is 0 Å². The maximum Gasteiger partial charge on any atom is 0.115 e. The van der Waals surface area contributed by atoms with Crippen LogP contribution in [0.5, 0.6) is 5.75 Å². The largest absolute Gasteiger partial charge is 0.508 e. The van der Waals surface area contributed by atoms with Crippen molar-refractivity contribution in [2.45, 2.75) is 13.1 Å². The molecule has 1 aromatic heterocycles. The molecular formula is C12H16ClN3O. The first kappa shape index (κ1) is 13.5. The molecule has 5 heteroatoms. The van der Waals surface area contributed by atoms with Crippen LogP contribution in [0.15, 0.2) is 36.5 Å². The van der Waals surface area contributed by atoms with E-state index in [4.69, 9.17) is 0 Å². The van der Waals surface area contributed by atoms with Crippen LogP contribution >= 0.6 is 12.4 Å². The number of aromatic hydroxyl groups is 1. The highest BCUT2D eigenvalue weighted by Gasteiger charge is 1.97. The van der Waals surface area contributed by atoms with E-state index in [1.165, 1.54) is 0 Å². The Labute approximate surface area is 107 Å². The lowest BCUT2D eigenvalue weighted by molar-refractivity contribution is 0.474. The van der Waals surface area contributed by atoms with Crippen LogP contribution < -0.4 is 5.32 Å². The number of phenolic OH excluding ortho intramolecular Hbond substituents is 1. The number of nitrogens with one attached hydrogen (secondary N) is 1. The molecule has 4 nitrogen and oxygen atoms in total. The highest BCUT2D eigenvalue weighted by Crippen LogP contribution is 2.10. The van der Waals surface area contributed by atoms with Crippen molar-refractivity contribution >= 4 is 12.4 Å². The van der Waals surface area contributed by atoms with Gasteiger partial charge in [-0.15, -0.1) is 12.4 Å². The molecule has 0 aliphatic rings. The quantitative estimate of drug-likeness (QED) is 0.874. The van der Waals surface area contributed by atoms with E-state index in [2.05, 4.69) is 10.4 Å². The van der Waals surface area contributed by atoms with Gasteiger partial charge in [-0.3, -0.25) is 4.68 Å². The lowest BCUT2D eigenvalue weighted by Gasteiger charge is -2.03. The zero-order valence-electron chi connectivity index (χ0n) is 9.63. The van der Waals surface area contributed by atoms with Crippen LogP contribution in [-0.4, -0.2) is 14.9 Å². The SMILES string of the molecule is Cl.Cn1ccc(CNCc2cccc(O)c2)n1. The molecule has 0 aliphatic heterocycles. The molecule has 1 heterocycles. The Hall–Kier alpha value is -1.52. The molecule has 92 valence electrons. The number of hydrogen-bond acceptors (Lipinski definition) is 3. The first-order valence-corrected chi connectivity index (χ1v) is 5.21. The van der Waals surface area contributed by atoms with Gasteiger partial charge in [0.1, 0.15) is 5.75 Å². The number of phenols is 1. The predicted octanol–water partition coefficient (Wildman–Crippen LogP) is 1.84. The van der Waals surface area contributed by atoms with Crippen LogP contribution in [0.25, 0.3) is 0 Å². The molecule has 2 N–H and O–H groups in total. The number of aryl methyl sites for hydroxylation is 1. The summed E-state index contributed by atoms with van der Waals surface area (Å²) >= 11 is 0. The highest BCUT2D eigenvalue weighted by atomic mass is 35.5. The average molecular weight is 254 g/mol. The molecule has 0 atom stereocenters. The van der Waals surface area contributed by atoms with Crippen LogP contribution in [0.2, 0.25) is 0 Å². The number of aromatic nitrogens is 2. The summed E-state index contributed by atoms with van der Waals surface area (Å²) in [4.78, 5) is 0. The van der Waals surface area contributed by atoms with Gasteiger partial charge in [0.25, 0.3) is 0 Å². The minimum atomic E-state index is 0. The van der Waals surface area contributed by atoms with Crippen molar-refractivity contribution in [1.29, 1.82) is 0 Å². The lowest BCUT2D eigenvalue weighted by Crippen LogP contribution is -2.13. The van der Waals surface area contributed by atoms with Gasteiger partial charge in [-0.25, -0.2) is 0 Å². The molecule has 0 amide bonds. The second kappa shape index (κ2) is 6.27. The Morgan fingerprint density at radius 2 is 2.12 bits per heavy atom. The van der Waals surface area contributed by atoms with Crippen LogP contribution in [0.4, 0.5) is 0 Å². The minimum Gasteiger partial charge on any atom is -0.508 e. The normalized spacial score (nSPS) is 9.94.